The van der Waals surface area contributed by atoms with Gasteiger partial charge in [0.2, 0.25) is 5.91 Å². The number of rotatable bonds is 6. The Morgan fingerprint density at radius 3 is 2.50 bits per heavy atom. The fraction of sp³-hybridized carbons (Fsp3) is 0.833. The van der Waals surface area contributed by atoms with Gasteiger partial charge in [-0.25, -0.2) is 8.42 Å². The lowest BCUT2D eigenvalue weighted by Gasteiger charge is -2.28. The number of carboxylic acid groups (broad SMARTS) is 1. The zero-order valence-corrected chi connectivity index (χ0v) is 12.1. The highest BCUT2D eigenvalue weighted by atomic mass is 32.2. The molecule has 114 valence electrons. The third kappa shape index (κ3) is 3.29. The molecule has 1 aliphatic carbocycles. The number of carboxylic acids is 1. The number of carbonyl (C=O) groups is 2. The number of aliphatic carboxylic acids is 1. The van der Waals surface area contributed by atoms with Crippen LogP contribution in [0.2, 0.25) is 0 Å². The monoisotopic (exact) mass is 305 g/mol. The van der Waals surface area contributed by atoms with Crippen LogP contribution in [-0.2, 0) is 24.2 Å². The Morgan fingerprint density at radius 2 is 2.05 bits per heavy atom. The molecule has 0 aromatic carbocycles. The van der Waals surface area contributed by atoms with Crippen molar-refractivity contribution in [3.63, 3.8) is 0 Å². The number of hydrogen-bond donors (Lipinski definition) is 1. The predicted molar refractivity (Wildman–Crippen MR) is 69.9 cm³/mol. The fourth-order valence-electron chi connectivity index (χ4n) is 2.64. The van der Waals surface area contributed by atoms with E-state index in [1.54, 1.807) is 0 Å². The Balaban J connectivity index is 2.04. The fourth-order valence-corrected chi connectivity index (χ4v) is 4.37. The van der Waals surface area contributed by atoms with E-state index in [1.807, 2.05) is 0 Å². The van der Waals surface area contributed by atoms with E-state index in [9.17, 15) is 18.0 Å². The van der Waals surface area contributed by atoms with E-state index < -0.39 is 27.6 Å². The summed E-state index contributed by atoms with van der Waals surface area (Å²) in [6.45, 7) is 0.616. The minimum Gasteiger partial charge on any atom is -0.481 e. The van der Waals surface area contributed by atoms with Crippen molar-refractivity contribution < 1.29 is 27.9 Å². The van der Waals surface area contributed by atoms with E-state index in [0.717, 1.165) is 0 Å². The molecular weight excluding hydrogens is 286 g/mol. The molecule has 1 saturated heterocycles. The van der Waals surface area contributed by atoms with Gasteiger partial charge in [0.25, 0.3) is 0 Å². The molecule has 2 fully saturated rings. The van der Waals surface area contributed by atoms with Gasteiger partial charge in [-0.2, -0.15) is 0 Å². The summed E-state index contributed by atoms with van der Waals surface area (Å²) in [6.07, 6.45) is 0.763. The van der Waals surface area contributed by atoms with Crippen LogP contribution in [0.3, 0.4) is 0 Å². The molecule has 1 aliphatic heterocycles. The summed E-state index contributed by atoms with van der Waals surface area (Å²) >= 11 is 0. The van der Waals surface area contributed by atoms with Crippen LogP contribution in [0.25, 0.3) is 0 Å². The van der Waals surface area contributed by atoms with Crippen molar-refractivity contribution >= 4 is 21.7 Å². The van der Waals surface area contributed by atoms with Gasteiger partial charge < -0.3 is 14.7 Å². The Kier molecular flexibility index (Phi) is 4.33. The molecule has 0 radical (unpaired) electrons. The van der Waals surface area contributed by atoms with Crippen LogP contribution in [0.4, 0.5) is 0 Å². The molecule has 2 aliphatic rings. The second-order valence-electron chi connectivity index (χ2n) is 5.37. The van der Waals surface area contributed by atoms with E-state index in [-0.39, 0.29) is 23.5 Å². The van der Waals surface area contributed by atoms with Gasteiger partial charge in [-0.3, -0.25) is 9.59 Å². The van der Waals surface area contributed by atoms with Gasteiger partial charge in [0, 0.05) is 19.7 Å². The number of amides is 1. The maximum atomic E-state index is 12.3. The largest absolute Gasteiger partial charge is 0.481 e. The molecule has 0 bridgehead atoms. The predicted octanol–water partition coefficient (Wildman–Crippen LogP) is -0.631. The van der Waals surface area contributed by atoms with Gasteiger partial charge in [-0.15, -0.1) is 0 Å². The maximum absolute atomic E-state index is 12.3. The summed E-state index contributed by atoms with van der Waals surface area (Å²) in [5.41, 5.74) is 0. The SMILES string of the molecule is COCCN(C(=O)[C@@H]1C[C@@H]1C(=O)O)[C@H]1CCS(=O)(=O)C1. The quantitative estimate of drug-likeness (QED) is 0.701. The van der Waals surface area contributed by atoms with Gasteiger partial charge in [-0.05, 0) is 12.8 Å². The number of carbonyl (C=O) groups excluding carboxylic acids is 1. The average Bonchev–Trinajstić information content (AvgIpc) is 3.09. The maximum Gasteiger partial charge on any atom is 0.307 e. The summed E-state index contributed by atoms with van der Waals surface area (Å²) in [5, 5.41) is 8.89. The lowest BCUT2D eigenvalue weighted by Crippen LogP contribution is -2.44. The van der Waals surface area contributed by atoms with Crippen molar-refractivity contribution in [1.29, 1.82) is 0 Å². The molecule has 20 heavy (non-hydrogen) atoms. The number of nitrogens with zero attached hydrogens (tertiary/aromatic N) is 1. The molecule has 1 saturated carbocycles. The van der Waals surface area contributed by atoms with Crippen LogP contribution in [-0.4, -0.2) is 68.1 Å². The van der Waals surface area contributed by atoms with Crippen molar-refractivity contribution in [1.82, 2.24) is 4.90 Å². The lowest BCUT2D eigenvalue weighted by molar-refractivity contribution is -0.142. The van der Waals surface area contributed by atoms with Crippen molar-refractivity contribution in [3.8, 4) is 0 Å². The summed E-state index contributed by atoms with van der Waals surface area (Å²) < 4.78 is 28.0. The molecule has 0 aromatic heterocycles. The summed E-state index contributed by atoms with van der Waals surface area (Å²) in [5.74, 6) is -2.29. The molecule has 7 nitrogen and oxygen atoms in total. The molecule has 0 unspecified atom stereocenters. The highest BCUT2D eigenvalue weighted by molar-refractivity contribution is 7.91. The topological polar surface area (TPSA) is 101 Å². The van der Waals surface area contributed by atoms with Crippen molar-refractivity contribution in [2.45, 2.75) is 18.9 Å². The number of ether oxygens (including phenoxy) is 1. The van der Waals surface area contributed by atoms with Crippen LogP contribution < -0.4 is 0 Å². The smallest absolute Gasteiger partial charge is 0.307 e. The second kappa shape index (κ2) is 5.69. The number of hydrogen-bond acceptors (Lipinski definition) is 5. The molecule has 3 atom stereocenters. The Bertz CT molecular complexity index is 502. The molecule has 0 spiro atoms. The summed E-state index contributed by atoms with van der Waals surface area (Å²) in [6, 6.07) is -0.349. The van der Waals surface area contributed by atoms with Gasteiger partial charge >= 0.3 is 5.97 Å². The van der Waals surface area contributed by atoms with Gasteiger partial charge in [-0.1, -0.05) is 0 Å². The molecule has 8 heteroatoms. The van der Waals surface area contributed by atoms with Gasteiger partial charge in [0.1, 0.15) is 0 Å². The first-order valence-corrected chi connectivity index (χ1v) is 8.40. The molecule has 0 aromatic rings. The molecule has 1 N–H and O–H groups in total. The van der Waals surface area contributed by atoms with Gasteiger partial charge in [0.05, 0.1) is 29.9 Å². The van der Waals surface area contributed by atoms with Crippen molar-refractivity contribution in [2.75, 3.05) is 31.8 Å². The Labute approximate surface area is 117 Å². The molecule has 2 rings (SSSR count). The van der Waals surface area contributed by atoms with E-state index in [0.29, 0.717) is 26.0 Å². The van der Waals surface area contributed by atoms with E-state index >= 15 is 0 Å². The van der Waals surface area contributed by atoms with E-state index in [1.165, 1.54) is 12.0 Å². The Hall–Kier alpha value is -1.15. The number of methoxy groups -OCH3 is 1. The number of sulfone groups is 1. The van der Waals surface area contributed by atoms with Crippen LogP contribution >= 0.6 is 0 Å². The van der Waals surface area contributed by atoms with Crippen LogP contribution in [0.5, 0.6) is 0 Å². The second-order valence-corrected chi connectivity index (χ2v) is 7.60. The molecule has 1 amide bonds. The average molecular weight is 305 g/mol. The highest BCUT2D eigenvalue weighted by Gasteiger charge is 2.51. The minimum atomic E-state index is -3.09. The minimum absolute atomic E-state index is 0.0348. The first kappa shape index (κ1) is 15.2. The molecule has 1 heterocycles. The van der Waals surface area contributed by atoms with E-state index in [2.05, 4.69) is 0 Å². The first-order chi connectivity index (χ1) is 9.35. The first-order valence-electron chi connectivity index (χ1n) is 6.58. The van der Waals surface area contributed by atoms with Crippen LogP contribution in [0, 0.1) is 11.8 Å². The summed E-state index contributed by atoms with van der Waals surface area (Å²) in [7, 11) is -1.58. The third-order valence-electron chi connectivity index (χ3n) is 3.89. The third-order valence-corrected chi connectivity index (χ3v) is 5.64. The zero-order valence-electron chi connectivity index (χ0n) is 11.3. The normalized spacial score (nSPS) is 30.9. The van der Waals surface area contributed by atoms with E-state index in [4.69, 9.17) is 9.84 Å². The Morgan fingerprint density at radius 1 is 1.35 bits per heavy atom. The van der Waals surface area contributed by atoms with Crippen LogP contribution in [0.15, 0.2) is 0 Å². The summed E-state index contributed by atoms with van der Waals surface area (Å²) in [4.78, 5) is 24.7. The zero-order chi connectivity index (χ0) is 14.9. The van der Waals surface area contributed by atoms with Crippen molar-refractivity contribution in [2.24, 2.45) is 11.8 Å². The van der Waals surface area contributed by atoms with Gasteiger partial charge in [0.15, 0.2) is 9.84 Å². The highest BCUT2D eigenvalue weighted by Crippen LogP contribution is 2.40. The molecular formula is C12H19NO6S. The standard InChI is InChI=1S/C12H19NO6S/c1-19-4-3-13(8-2-5-20(17,18)7-8)11(14)9-6-10(9)12(15)16/h8-10H,2-7H2,1H3,(H,15,16)/t8-,9+,10-/m0/s1. The van der Waals surface area contributed by atoms with Crippen molar-refractivity contribution in [3.05, 3.63) is 0 Å². The van der Waals surface area contributed by atoms with Crippen LogP contribution in [0.1, 0.15) is 12.8 Å². The lowest BCUT2D eigenvalue weighted by atomic mass is 10.2.